The second-order valence-corrected chi connectivity index (χ2v) is 6.92. The van der Waals surface area contributed by atoms with E-state index in [2.05, 4.69) is 11.9 Å². The van der Waals surface area contributed by atoms with Crippen LogP contribution in [-0.4, -0.2) is 54.7 Å². The summed E-state index contributed by atoms with van der Waals surface area (Å²) in [6.07, 6.45) is 2.12. The Morgan fingerprint density at radius 2 is 1.79 bits per heavy atom. The summed E-state index contributed by atoms with van der Waals surface area (Å²) >= 11 is 0. The summed E-state index contributed by atoms with van der Waals surface area (Å²) in [7, 11) is 2.12. The van der Waals surface area contributed by atoms with E-state index < -0.39 is 5.60 Å². The summed E-state index contributed by atoms with van der Waals surface area (Å²) in [6, 6.07) is 0.529. The standard InChI is InChI=1S/C15H27NO3/c1-14(2)12(13(17)15(3,4)19-14)10-16(5)11-6-8-18-9-7-11/h11-12H,6-10H2,1-5H3. The van der Waals surface area contributed by atoms with Gasteiger partial charge < -0.3 is 14.4 Å². The Labute approximate surface area is 116 Å². The predicted octanol–water partition coefficient (Wildman–Crippen LogP) is 1.87. The first kappa shape index (κ1) is 14.9. The van der Waals surface area contributed by atoms with Gasteiger partial charge >= 0.3 is 0 Å². The quantitative estimate of drug-likeness (QED) is 0.784. The van der Waals surface area contributed by atoms with Gasteiger partial charge in [-0.05, 0) is 47.6 Å². The van der Waals surface area contributed by atoms with Crippen molar-refractivity contribution < 1.29 is 14.3 Å². The van der Waals surface area contributed by atoms with E-state index in [1.54, 1.807) is 0 Å². The van der Waals surface area contributed by atoms with Crippen molar-refractivity contribution in [3.63, 3.8) is 0 Å². The maximum Gasteiger partial charge on any atom is 0.171 e. The van der Waals surface area contributed by atoms with Gasteiger partial charge in [-0.2, -0.15) is 0 Å². The van der Waals surface area contributed by atoms with Gasteiger partial charge in [0.2, 0.25) is 0 Å². The Hall–Kier alpha value is -0.450. The van der Waals surface area contributed by atoms with Crippen LogP contribution in [0.3, 0.4) is 0 Å². The third kappa shape index (κ3) is 3.01. The van der Waals surface area contributed by atoms with E-state index in [4.69, 9.17) is 9.47 Å². The number of rotatable bonds is 3. The van der Waals surface area contributed by atoms with E-state index in [0.29, 0.717) is 6.04 Å². The lowest BCUT2D eigenvalue weighted by molar-refractivity contribution is -0.132. The van der Waals surface area contributed by atoms with Crippen molar-refractivity contribution in [3.8, 4) is 0 Å². The van der Waals surface area contributed by atoms with Crippen LogP contribution in [0.5, 0.6) is 0 Å². The maximum atomic E-state index is 12.5. The first-order valence-electron chi connectivity index (χ1n) is 7.26. The summed E-state index contributed by atoms with van der Waals surface area (Å²) in [5, 5.41) is 0. The number of carbonyl (C=O) groups excluding carboxylic acids is 1. The lowest BCUT2D eigenvalue weighted by Gasteiger charge is -2.35. The third-order valence-electron chi connectivity index (χ3n) is 4.55. The van der Waals surface area contributed by atoms with Crippen molar-refractivity contribution in [2.24, 2.45) is 5.92 Å². The van der Waals surface area contributed by atoms with Crippen molar-refractivity contribution in [1.82, 2.24) is 4.90 Å². The first-order valence-corrected chi connectivity index (χ1v) is 7.26. The Morgan fingerprint density at radius 3 is 2.26 bits per heavy atom. The Balaban J connectivity index is 2.03. The highest BCUT2D eigenvalue weighted by molar-refractivity contribution is 5.91. The van der Waals surface area contributed by atoms with Crippen LogP contribution in [0.4, 0.5) is 0 Å². The molecule has 0 bridgehead atoms. The van der Waals surface area contributed by atoms with Crippen LogP contribution in [0.15, 0.2) is 0 Å². The van der Waals surface area contributed by atoms with Gasteiger partial charge in [-0.3, -0.25) is 4.79 Å². The minimum Gasteiger partial charge on any atom is -0.381 e. The molecule has 2 heterocycles. The van der Waals surface area contributed by atoms with Crippen LogP contribution in [0.25, 0.3) is 0 Å². The molecule has 0 aromatic carbocycles. The van der Waals surface area contributed by atoms with Gasteiger partial charge in [0.1, 0.15) is 5.60 Å². The van der Waals surface area contributed by atoms with Crippen molar-refractivity contribution >= 4 is 5.78 Å². The summed E-state index contributed by atoms with van der Waals surface area (Å²) in [4.78, 5) is 14.8. The summed E-state index contributed by atoms with van der Waals surface area (Å²) < 4.78 is 11.3. The van der Waals surface area contributed by atoms with Crippen molar-refractivity contribution in [2.45, 2.75) is 57.8 Å². The van der Waals surface area contributed by atoms with Gasteiger partial charge in [-0.25, -0.2) is 0 Å². The Morgan fingerprint density at radius 1 is 1.21 bits per heavy atom. The Bertz CT molecular complexity index is 345. The smallest absolute Gasteiger partial charge is 0.171 e. The van der Waals surface area contributed by atoms with Gasteiger partial charge in [0.25, 0.3) is 0 Å². The zero-order chi connectivity index (χ0) is 14.3. The van der Waals surface area contributed by atoms with Crippen LogP contribution in [-0.2, 0) is 14.3 Å². The van der Waals surface area contributed by atoms with Gasteiger partial charge in [0.15, 0.2) is 5.78 Å². The molecular formula is C15H27NO3. The highest BCUT2D eigenvalue weighted by Crippen LogP contribution is 2.39. The molecule has 2 saturated heterocycles. The molecule has 0 N–H and O–H groups in total. The SMILES string of the molecule is CN(CC1C(=O)C(C)(C)OC1(C)C)C1CCOCC1. The largest absolute Gasteiger partial charge is 0.381 e. The molecular weight excluding hydrogens is 242 g/mol. The van der Waals surface area contributed by atoms with E-state index in [9.17, 15) is 4.79 Å². The topological polar surface area (TPSA) is 38.8 Å². The van der Waals surface area contributed by atoms with Gasteiger partial charge in [0, 0.05) is 25.8 Å². The number of carbonyl (C=O) groups is 1. The molecule has 0 radical (unpaired) electrons. The van der Waals surface area contributed by atoms with Gasteiger partial charge in [0.05, 0.1) is 11.5 Å². The minimum absolute atomic E-state index is 0.0460. The molecule has 4 nitrogen and oxygen atoms in total. The number of hydrogen-bond acceptors (Lipinski definition) is 4. The fraction of sp³-hybridized carbons (Fsp3) is 0.933. The fourth-order valence-corrected chi connectivity index (χ4v) is 3.38. The molecule has 1 atom stereocenters. The highest BCUT2D eigenvalue weighted by Gasteiger charge is 2.53. The average Bonchev–Trinajstić information content (AvgIpc) is 2.48. The number of nitrogens with zero attached hydrogens (tertiary/aromatic N) is 1. The van der Waals surface area contributed by atoms with Crippen molar-refractivity contribution in [3.05, 3.63) is 0 Å². The normalized spacial score (nSPS) is 31.1. The van der Waals surface area contributed by atoms with Crippen LogP contribution in [0.2, 0.25) is 0 Å². The van der Waals surface area contributed by atoms with E-state index in [1.165, 1.54) is 0 Å². The van der Waals surface area contributed by atoms with Crippen LogP contribution >= 0.6 is 0 Å². The molecule has 110 valence electrons. The predicted molar refractivity (Wildman–Crippen MR) is 74.2 cm³/mol. The molecule has 0 amide bonds. The van der Waals surface area contributed by atoms with E-state index in [0.717, 1.165) is 32.6 Å². The first-order chi connectivity index (χ1) is 8.74. The molecule has 0 aromatic heterocycles. The van der Waals surface area contributed by atoms with Crippen molar-refractivity contribution in [2.75, 3.05) is 26.8 Å². The fourth-order valence-electron chi connectivity index (χ4n) is 3.38. The molecule has 1 unspecified atom stereocenters. The van der Waals surface area contributed by atoms with E-state index in [-0.39, 0.29) is 17.3 Å². The zero-order valence-electron chi connectivity index (χ0n) is 12.9. The molecule has 4 heteroatoms. The molecule has 2 aliphatic heterocycles. The average molecular weight is 269 g/mol. The van der Waals surface area contributed by atoms with Crippen LogP contribution in [0, 0.1) is 5.92 Å². The lowest BCUT2D eigenvalue weighted by Crippen LogP contribution is -2.45. The van der Waals surface area contributed by atoms with Crippen molar-refractivity contribution in [1.29, 1.82) is 0 Å². The lowest BCUT2D eigenvalue weighted by atomic mass is 9.85. The number of hydrogen-bond donors (Lipinski definition) is 0. The third-order valence-corrected chi connectivity index (χ3v) is 4.55. The maximum absolute atomic E-state index is 12.5. The molecule has 0 aliphatic carbocycles. The summed E-state index contributed by atoms with van der Waals surface area (Å²) in [5.41, 5.74) is -1.02. The molecule has 2 fully saturated rings. The molecule has 0 aromatic rings. The minimum atomic E-state index is -0.648. The number of Topliss-reactive ketones (excluding diaryl/α,β-unsaturated/α-hetero) is 1. The van der Waals surface area contributed by atoms with Gasteiger partial charge in [-0.15, -0.1) is 0 Å². The molecule has 0 saturated carbocycles. The van der Waals surface area contributed by atoms with Crippen LogP contribution < -0.4 is 0 Å². The zero-order valence-corrected chi connectivity index (χ0v) is 12.9. The highest BCUT2D eigenvalue weighted by atomic mass is 16.5. The van der Waals surface area contributed by atoms with Crippen LogP contribution in [0.1, 0.15) is 40.5 Å². The molecule has 2 aliphatic rings. The molecule has 2 rings (SSSR count). The van der Waals surface area contributed by atoms with E-state index >= 15 is 0 Å². The van der Waals surface area contributed by atoms with E-state index in [1.807, 2.05) is 27.7 Å². The number of ketones is 1. The monoisotopic (exact) mass is 269 g/mol. The molecule has 19 heavy (non-hydrogen) atoms. The number of ether oxygens (including phenoxy) is 2. The van der Waals surface area contributed by atoms with Gasteiger partial charge in [-0.1, -0.05) is 0 Å². The second kappa shape index (κ2) is 5.15. The second-order valence-electron chi connectivity index (χ2n) is 6.92. The molecule has 0 spiro atoms. The Kier molecular flexibility index (Phi) is 4.05. The summed E-state index contributed by atoms with van der Waals surface area (Å²) in [6.45, 7) is 10.3. The summed E-state index contributed by atoms with van der Waals surface area (Å²) in [5.74, 6) is 0.187.